The van der Waals surface area contributed by atoms with Crippen molar-refractivity contribution < 1.29 is 8.83 Å². The Morgan fingerprint density at radius 1 is 0.378 bits per heavy atom. The zero-order chi connectivity index (χ0) is 24.3. The van der Waals surface area contributed by atoms with E-state index < -0.39 is 0 Å². The Labute approximate surface area is 212 Å². The lowest BCUT2D eigenvalue weighted by atomic mass is 9.99. The molecule has 0 atom stereocenters. The predicted molar refractivity (Wildman–Crippen MR) is 153 cm³/mol. The first-order valence-electron chi connectivity index (χ1n) is 12.5. The highest BCUT2D eigenvalue weighted by atomic mass is 16.3. The van der Waals surface area contributed by atoms with E-state index in [0.717, 1.165) is 71.7 Å². The summed E-state index contributed by atoms with van der Waals surface area (Å²) in [4.78, 5) is 2.27. The fourth-order valence-corrected chi connectivity index (χ4v) is 5.63. The maximum Gasteiger partial charge on any atom is 0.147 e. The summed E-state index contributed by atoms with van der Waals surface area (Å²) in [6.07, 6.45) is 0. The summed E-state index contributed by atoms with van der Waals surface area (Å²) < 4.78 is 13.1. The highest BCUT2D eigenvalue weighted by Crippen LogP contribution is 2.46. The Bertz CT molecular complexity index is 2050. The van der Waals surface area contributed by atoms with Crippen LogP contribution in [0.4, 0.5) is 17.1 Å². The van der Waals surface area contributed by atoms with Crippen LogP contribution in [0.2, 0.25) is 0 Å². The quantitative estimate of drug-likeness (QED) is 0.255. The molecule has 0 aliphatic carbocycles. The minimum absolute atomic E-state index is 0.845. The molecule has 0 saturated carbocycles. The van der Waals surface area contributed by atoms with E-state index in [0.29, 0.717) is 0 Å². The molecule has 0 amide bonds. The summed E-state index contributed by atoms with van der Waals surface area (Å²) in [6.45, 7) is 0. The van der Waals surface area contributed by atoms with Gasteiger partial charge in [0, 0.05) is 38.6 Å². The van der Waals surface area contributed by atoms with Crippen molar-refractivity contribution in [1.29, 1.82) is 0 Å². The summed E-state index contributed by atoms with van der Waals surface area (Å²) >= 11 is 0. The molecule has 3 nitrogen and oxygen atoms in total. The largest absolute Gasteiger partial charge is 0.455 e. The van der Waals surface area contributed by atoms with Gasteiger partial charge in [-0.3, -0.25) is 0 Å². The number of benzene rings is 6. The maximum atomic E-state index is 6.54. The molecule has 0 spiro atoms. The van der Waals surface area contributed by atoms with Gasteiger partial charge in [-0.05, 0) is 53.9 Å². The van der Waals surface area contributed by atoms with E-state index in [4.69, 9.17) is 8.83 Å². The van der Waals surface area contributed by atoms with Gasteiger partial charge in [-0.15, -0.1) is 0 Å². The molecule has 3 heteroatoms. The number of fused-ring (bicyclic) bond motifs is 10. The molecule has 6 aromatic carbocycles. The van der Waals surface area contributed by atoms with Crippen LogP contribution in [0.1, 0.15) is 0 Å². The van der Waals surface area contributed by atoms with Crippen molar-refractivity contribution in [3.63, 3.8) is 0 Å². The van der Waals surface area contributed by atoms with Crippen molar-refractivity contribution in [2.45, 2.75) is 0 Å². The van der Waals surface area contributed by atoms with Crippen molar-refractivity contribution in [3.8, 4) is 0 Å². The van der Waals surface area contributed by atoms with Gasteiger partial charge in [-0.25, -0.2) is 0 Å². The molecule has 174 valence electrons. The second kappa shape index (κ2) is 7.74. The minimum Gasteiger partial charge on any atom is -0.455 e. The normalized spacial score (nSPS) is 11.8. The van der Waals surface area contributed by atoms with E-state index in [1.54, 1.807) is 0 Å². The van der Waals surface area contributed by atoms with Crippen LogP contribution in [-0.2, 0) is 0 Å². The molecule has 0 N–H and O–H groups in total. The van der Waals surface area contributed by atoms with Crippen LogP contribution >= 0.6 is 0 Å². The highest BCUT2D eigenvalue weighted by molar-refractivity contribution is 6.33. The summed E-state index contributed by atoms with van der Waals surface area (Å²) in [7, 11) is 0. The molecule has 0 fully saturated rings. The molecule has 0 unspecified atom stereocenters. The maximum absolute atomic E-state index is 6.54. The Balaban J connectivity index is 1.50. The third kappa shape index (κ3) is 2.95. The molecular weight excluding hydrogens is 454 g/mol. The Hall–Kier alpha value is -5.02. The number of hydrogen-bond donors (Lipinski definition) is 0. The number of nitrogens with zero attached hydrogens (tertiary/aromatic N) is 1. The van der Waals surface area contributed by atoms with Crippen LogP contribution in [0.15, 0.2) is 136 Å². The fourth-order valence-electron chi connectivity index (χ4n) is 5.63. The molecule has 0 radical (unpaired) electrons. The fraction of sp³-hybridized carbons (Fsp3) is 0. The third-order valence-electron chi connectivity index (χ3n) is 7.22. The molecule has 37 heavy (non-hydrogen) atoms. The van der Waals surface area contributed by atoms with Crippen molar-refractivity contribution in [1.82, 2.24) is 0 Å². The Kier molecular flexibility index (Phi) is 4.23. The standard InChI is InChI=1S/C34H21NO2/c1-3-11-22(12-4-1)35(23-13-5-2-6-14-23)24-19-20-30-28(21-24)32-33(36-30)26-16-8-7-15-25(26)31-27-17-9-10-18-29(27)37-34(31)32/h1-21H. The molecule has 8 aromatic rings. The molecule has 2 aromatic heterocycles. The first-order valence-corrected chi connectivity index (χ1v) is 12.5. The van der Waals surface area contributed by atoms with Gasteiger partial charge in [0.1, 0.15) is 22.3 Å². The van der Waals surface area contributed by atoms with E-state index in [9.17, 15) is 0 Å². The van der Waals surface area contributed by atoms with Gasteiger partial charge in [-0.1, -0.05) is 78.9 Å². The Morgan fingerprint density at radius 2 is 0.946 bits per heavy atom. The number of furan rings is 2. The lowest BCUT2D eigenvalue weighted by Gasteiger charge is -2.25. The topological polar surface area (TPSA) is 29.5 Å². The molecule has 0 saturated heterocycles. The van der Waals surface area contributed by atoms with Crippen LogP contribution in [0.3, 0.4) is 0 Å². The van der Waals surface area contributed by atoms with Crippen LogP contribution in [-0.4, -0.2) is 0 Å². The van der Waals surface area contributed by atoms with Crippen molar-refractivity contribution in [2.24, 2.45) is 0 Å². The number of para-hydroxylation sites is 3. The average Bonchev–Trinajstić information content (AvgIpc) is 3.53. The minimum atomic E-state index is 0.845. The van der Waals surface area contributed by atoms with Crippen LogP contribution < -0.4 is 4.90 Å². The lowest BCUT2D eigenvalue weighted by Crippen LogP contribution is -2.09. The predicted octanol–water partition coefficient (Wildman–Crippen LogP) is 10.1. The van der Waals surface area contributed by atoms with Gasteiger partial charge in [0.2, 0.25) is 0 Å². The van der Waals surface area contributed by atoms with Crippen LogP contribution in [0.5, 0.6) is 0 Å². The van der Waals surface area contributed by atoms with Gasteiger partial charge in [0.05, 0.1) is 5.39 Å². The average molecular weight is 476 g/mol. The number of hydrogen-bond acceptors (Lipinski definition) is 3. The van der Waals surface area contributed by atoms with E-state index in [-0.39, 0.29) is 0 Å². The first kappa shape index (κ1) is 20.2. The van der Waals surface area contributed by atoms with E-state index in [2.05, 4.69) is 108 Å². The summed E-state index contributed by atoms with van der Waals surface area (Å²) in [5.41, 5.74) is 6.72. The van der Waals surface area contributed by atoms with E-state index in [1.807, 2.05) is 24.3 Å². The smallest absolute Gasteiger partial charge is 0.147 e. The van der Waals surface area contributed by atoms with Crippen molar-refractivity contribution >= 4 is 71.7 Å². The number of anilines is 3. The summed E-state index contributed by atoms with van der Waals surface area (Å²) in [5.74, 6) is 0. The summed E-state index contributed by atoms with van der Waals surface area (Å²) in [6, 6.07) is 44.1. The first-order chi connectivity index (χ1) is 18.4. The molecule has 0 aliphatic heterocycles. The van der Waals surface area contributed by atoms with Crippen molar-refractivity contribution in [3.05, 3.63) is 127 Å². The van der Waals surface area contributed by atoms with Crippen LogP contribution in [0, 0.1) is 0 Å². The monoisotopic (exact) mass is 475 g/mol. The van der Waals surface area contributed by atoms with Gasteiger partial charge in [0.25, 0.3) is 0 Å². The SMILES string of the molecule is c1ccc(N(c2ccccc2)c2ccc3oc4c5ccccc5c5c6ccccc6oc5c4c3c2)cc1. The zero-order valence-electron chi connectivity index (χ0n) is 19.9. The lowest BCUT2D eigenvalue weighted by molar-refractivity contribution is 0.665. The second-order valence-electron chi connectivity index (χ2n) is 9.34. The van der Waals surface area contributed by atoms with E-state index in [1.165, 1.54) is 0 Å². The van der Waals surface area contributed by atoms with Crippen molar-refractivity contribution in [2.75, 3.05) is 4.90 Å². The molecule has 0 aliphatic rings. The second-order valence-corrected chi connectivity index (χ2v) is 9.34. The van der Waals surface area contributed by atoms with Gasteiger partial charge in [0.15, 0.2) is 0 Å². The van der Waals surface area contributed by atoms with Crippen LogP contribution in [0.25, 0.3) is 54.6 Å². The molecule has 8 rings (SSSR count). The van der Waals surface area contributed by atoms with Gasteiger partial charge < -0.3 is 13.7 Å². The van der Waals surface area contributed by atoms with Gasteiger partial charge in [-0.2, -0.15) is 0 Å². The third-order valence-corrected chi connectivity index (χ3v) is 7.22. The molecule has 0 bridgehead atoms. The Morgan fingerprint density at radius 3 is 1.68 bits per heavy atom. The van der Waals surface area contributed by atoms with E-state index >= 15 is 0 Å². The summed E-state index contributed by atoms with van der Waals surface area (Å²) in [5, 5.41) is 6.55. The number of rotatable bonds is 3. The molecule has 2 heterocycles. The van der Waals surface area contributed by atoms with Gasteiger partial charge >= 0.3 is 0 Å². The molecular formula is C34H21NO2. The zero-order valence-corrected chi connectivity index (χ0v) is 19.9. The highest BCUT2D eigenvalue weighted by Gasteiger charge is 2.22.